The number of ether oxygens (including phenoxy) is 1. The largest absolute Gasteiger partial charge is 0.496 e. The molecule has 0 bridgehead atoms. The zero-order chi connectivity index (χ0) is 15.1. The Morgan fingerprint density at radius 2 is 2.15 bits per heavy atom. The number of thioether (sulfide) groups is 1. The number of carbonyl (C=O) groups is 1. The lowest BCUT2D eigenvalue weighted by molar-refractivity contribution is 0.101. The van der Waals surface area contributed by atoms with E-state index in [1.54, 1.807) is 14.0 Å². The Morgan fingerprint density at radius 1 is 1.45 bits per heavy atom. The van der Waals surface area contributed by atoms with Gasteiger partial charge in [-0.1, -0.05) is 0 Å². The predicted octanol–water partition coefficient (Wildman–Crippen LogP) is 3.47. The number of ketones is 1. The van der Waals surface area contributed by atoms with E-state index in [9.17, 15) is 4.79 Å². The molecule has 4 heteroatoms. The Labute approximate surface area is 126 Å². The second-order valence-corrected chi connectivity index (χ2v) is 6.11. The number of nitrogens with zero attached hydrogens (tertiary/aromatic N) is 1. The highest BCUT2D eigenvalue weighted by molar-refractivity contribution is 7.98. The number of hydrogen-bond donors (Lipinski definition) is 0. The summed E-state index contributed by atoms with van der Waals surface area (Å²) in [5.74, 6) is 2.10. The average molecular weight is 295 g/mol. The van der Waals surface area contributed by atoms with Crippen molar-refractivity contribution in [1.82, 2.24) is 4.90 Å². The summed E-state index contributed by atoms with van der Waals surface area (Å²) < 4.78 is 5.40. The molecule has 0 heterocycles. The topological polar surface area (TPSA) is 29.5 Å². The van der Waals surface area contributed by atoms with Crippen molar-refractivity contribution in [2.75, 3.05) is 26.2 Å². The third kappa shape index (κ3) is 4.84. The van der Waals surface area contributed by atoms with E-state index >= 15 is 0 Å². The summed E-state index contributed by atoms with van der Waals surface area (Å²) in [6.07, 6.45) is 3.29. The number of carbonyl (C=O) groups excluding carboxylic acids is 1. The van der Waals surface area contributed by atoms with Gasteiger partial charge in [-0.3, -0.25) is 9.69 Å². The Bertz CT molecular complexity index is 448. The van der Waals surface area contributed by atoms with Crippen LogP contribution in [0.1, 0.15) is 36.2 Å². The summed E-state index contributed by atoms with van der Waals surface area (Å²) in [5, 5.41) is 0. The van der Waals surface area contributed by atoms with Gasteiger partial charge in [0.05, 0.1) is 7.11 Å². The third-order valence-corrected chi connectivity index (χ3v) is 4.24. The number of hydrogen-bond acceptors (Lipinski definition) is 4. The predicted molar refractivity (Wildman–Crippen MR) is 86.9 cm³/mol. The first-order valence-corrected chi connectivity index (χ1v) is 8.26. The molecule has 1 rings (SSSR count). The van der Waals surface area contributed by atoms with Gasteiger partial charge in [0.1, 0.15) is 5.75 Å². The molecule has 0 amide bonds. The highest BCUT2D eigenvalue weighted by Gasteiger charge is 2.13. The zero-order valence-electron chi connectivity index (χ0n) is 13.1. The van der Waals surface area contributed by atoms with Crippen molar-refractivity contribution in [3.8, 4) is 5.75 Å². The smallest absolute Gasteiger partial charge is 0.159 e. The monoisotopic (exact) mass is 295 g/mol. The molecule has 0 aromatic heterocycles. The van der Waals surface area contributed by atoms with Gasteiger partial charge in [0.25, 0.3) is 0 Å². The maximum absolute atomic E-state index is 11.5. The van der Waals surface area contributed by atoms with Crippen molar-refractivity contribution in [3.05, 3.63) is 29.3 Å². The maximum Gasteiger partial charge on any atom is 0.159 e. The van der Waals surface area contributed by atoms with Crippen molar-refractivity contribution < 1.29 is 9.53 Å². The van der Waals surface area contributed by atoms with E-state index < -0.39 is 0 Å². The first-order chi connectivity index (χ1) is 9.49. The molecule has 0 saturated carbocycles. The summed E-state index contributed by atoms with van der Waals surface area (Å²) in [4.78, 5) is 13.8. The minimum Gasteiger partial charge on any atom is -0.496 e. The fourth-order valence-corrected chi connectivity index (χ4v) is 2.63. The highest BCUT2D eigenvalue weighted by atomic mass is 32.2. The van der Waals surface area contributed by atoms with Crippen LogP contribution in [0.15, 0.2) is 18.2 Å². The van der Waals surface area contributed by atoms with Crippen LogP contribution < -0.4 is 4.74 Å². The van der Waals surface area contributed by atoms with Crippen LogP contribution in [0.5, 0.6) is 5.75 Å². The molecule has 3 nitrogen and oxygen atoms in total. The molecular weight excluding hydrogens is 270 g/mol. The number of benzene rings is 1. The van der Waals surface area contributed by atoms with Gasteiger partial charge in [0.2, 0.25) is 0 Å². The van der Waals surface area contributed by atoms with Gasteiger partial charge in [-0.05, 0) is 57.5 Å². The first-order valence-electron chi connectivity index (χ1n) is 6.86. The van der Waals surface area contributed by atoms with Crippen LogP contribution in [0, 0.1) is 0 Å². The molecule has 1 atom stereocenters. The average Bonchev–Trinajstić information content (AvgIpc) is 2.44. The Balaban J connectivity index is 2.83. The second kappa shape index (κ2) is 8.32. The van der Waals surface area contributed by atoms with E-state index in [1.165, 1.54) is 0 Å². The zero-order valence-corrected chi connectivity index (χ0v) is 13.9. The Kier molecular flexibility index (Phi) is 7.10. The highest BCUT2D eigenvalue weighted by Crippen LogP contribution is 2.22. The first kappa shape index (κ1) is 17.1. The van der Waals surface area contributed by atoms with Gasteiger partial charge in [-0.25, -0.2) is 0 Å². The Hall–Kier alpha value is -1.00. The number of rotatable bonds is 8. The molecule has 1 unspecified atom stereocenters. The van der Waals surface area contributed by atoms with E-state index in [-0.39, 0.29) is 5.78 Å². The minimum atomic E-state index is 0.0898. The molecule has 0 aliphatic rings. The molecule has 0 aliphatic heterocycles. The van der Waals surface area contributed by atoms with Crippen LogP contribution >= 0.6 is 11.8 Å². The van der Waals surface area contributed by atoms with Crippen LogP contribution in [0.2, 0.25) is 0 Å². The van der Waals surface area contributed by atoms with Crippen molar-refractivity contribution in [2.24, 2.45) is 0 Å². The number of Topliss-reactive ketones (excluding diaryl/α,β-unsaturated/α-hetero) is 1. The molecule has 112 valence electrons. The van der Waals surface area contributed by atoms with Crippen molar-refractivity contribution in [2.45, 2.75) is 32.9 Å². The van der Waals surface area contributed by atoms with E-state index in [2.05, 4.69) is 25.1 Å². The van der Waals surface area contributed by atoms with E-state index in [1.807, 2.05) is 30.0 Å². The summed E-state index contributed by atoms with van der Waals surface area (Å²) in [6, 6.07) is 6.15. The summed E-state index contributed by atoms with van der Waals surface area (Å²) >= 11 is 1.87. The molecule has 0 aliphatic carbocycles. The van der Waals surface area contributed by atoms with Crippen LogP contribution in [-0.4, -0.2) is 42.9 Å². The molecule has 0 N–H and O–H groups in total. The van der Waals surface area contributed by atoms with Gasteiger partial charge >= 0.3 is 0 Å². The number of methoxy groups -OCH3 is 1. The van der Waals surface area contributed by atoms with Crippen LogP contribution in [0.25, 0.3) is 0 Å². The van der Waals surface area contributed by atoms with Crippen molar-refractivity contribution >= 4 is 17.5 Å². The fraction of sp³-hybridized carbons (Fsp3) is 0.562. The lowest BCUT2D eigenvalue weighted by atomic mass is 10.1. The van der Waals surface area contributed by atoms with E-state index in [4.69, 9.17) is 4.74 Å². The van der Waals surface area contributed by atoms with Gasteiger partial charge in [0.15, 0.2) is 5.78 Å². The fourth-order valence-electron chi connectivity index (χ4n) is 2.05. The standard InChI is InChI=1S/C16H25NO2S/c1-12(8-9-20-5)17(3)11-15-10-14(13(2)18)6-7-16(15)19-4/h6-7,10,12H,8-9,11H2,1-5H3. The van der Waals surface area contributed by atoms with E-state index in [0.29, 0.717) is 6.04 Å². The molecule has 0 saturated heterocycles. The molecule has 0 radical (unpaired) electrons. The third-order valence-electron chi connectivity index (χ3n) is 3.60. The minimum absolute atomic E-state index is 0.0898. The van der Waals surface area contributed by atoms with Crippen molar-refractivity contribution in [1.29, 1.82) is 0 Å². The molecule has 20 heavy (non-hydrogen) atoms. The molecule has 0 fully saturated rings. The van der Waals surface area contributed by atoms with Crippen LogP contribution in [0.3, 0.4) is 0 Å². The summed E-state index contributed by atoms with van der Waals surface area (Å²) in [6.45, 7) is 4.62. The lowest BCUT2D eigenvalue weighted by Gasteiger charge is -2.25. The summed E-state index contributed by atoms with van der Waals surface area (Å²) in [7, 11) is 3.79. The maximum atomic E-state index is 11.5. The lowest BCUT2D eigenvalue weighted by Crippen LogP contribution is -2.29. The second-order valence-electron chi connectivity index (χ2n) is 5.13. The van der Waals surface area contributed by atoms with Crippen LogP contribution in [0.4, 0.5) is 0 Å². The molecule has 0 spiro atoms. The van der Waals surface area contributed by atoms with Crippen molar-refractivity contribution in [3.63, 3.8) is 0 Å². The SMILES string of the molecule is COc1ccc(C(C)=O)cc1CN(C)C(C)CCSC. The van der Waals surface area contributed by atoms with Gasteiger partial charge in [-0.15, -0.1) is 0 Å². The van der Waals surface area contributed by atoms with Gasteiger partial charge in [0, 0.05) is 23.7 Å². The molecular formula is C16H25NO2S. The van der Waals surface area contributed by atoms with Crippen LogP contribution in [-0.2, 0) is 6.54 Å². The molecule has 1 aromatic rings. The summed E-state index contributed by atoms with van der Waals surface area (Å²) in [5.41, 5.74) is 1.81. The molecule has 1 aromatic carbocycles. The van der Waals surface area contributed by atoms with Gasteiger partial charge in [-0.2, -0.15) is 11.8 Å². The normalized spacial score (nSPS) is 12.5. The Morgan fingerprint density at radius 3 is 2.70 bits per heavy atom. The van der Waals surface area contributed by atoms with E-state index in [0.717, 1.165) is 35.6 Å². The quantitative estimate of drug-likeness (QED) is 0.687. The van der Waals surface area contributed by atoms with Gasteiger partial charge < -0.3 is 4.74 Å².